The van der Waals surface area contributed by atoms with Gasteiger partial charge in [0.15, 0.2) is 5.76 Å². The van der Waals surface area contributed by atoms with E-state index in [0.29, 0.717) is 44.0 Å². The van der Waals surface area contributed by atoms with Crippen molar-refractivity contribution in [2.24, 2.45) is 5.92 Å². The van der Waals surface area contributed by atoms with Crippen LogP contribution in [0.5, 0.6) is 0 Å². The molecule has 0 aromatic heterocycles. The second-order valence-corrected chi connectivity index (χ2v) is 7.52. The SMILES string of the molecule is CCOC(=O)[C@H]1CCCN(C(=O)c2ccccc2NC(=O)C2=CSCCO2)C1. The number of amides is 2. The molecule has 0 unspecified atom stereocenters. The number of likely N-dealkylation sites (tertiary alicyclic amines) is 1. The molecule has 0 saturated carbocycles. The first kappa shape index (κ1) is 20.3. The largest absolute Gasteiger partial charge is 0.487 e. The number of benzene rings is 1. The summed E-state index contributed by atoms with van der Waals surface area (Å²) < 4.78 is 10.5. The quantitative estimate of drug-likeness (QED) is 0.760. The van der Waals surface area contributed by atoms with E-state index in [1.165, 1.54) is 11.8 Å². The lowest BCUT2D eigenvalue weighted by Gasteiger charge is -2.32. The Balaban J connectivity index is 1.72. The third-order valence-corrected chi connectivity index (χ3v) is 5.39. The molecule has 1 aromatic rings. The van der Waals surface area contributed by atoms with Gasteiger partial charge in [-0.25, -0.2) is 0 Å². The number of hydrogen-bond donors (Lipinski definition) is 1. The fourth-order valence-corrected chi connectivity index (χ4v) is 3.86. The van der Waals surface area contributed by atoms with E-state index in [4.69, 9.17) is 9.47 Å². The number of anilines is 1. The summed E-state index contributed by atoms with van der Waals surface area (Å²) in [6.45, 7) is 3.47. The van der Waals surface area contributed by atoms with E-state index in [2.05, 4.69) is 5.32 Å². The van der Waals surface area contributed by atoms with Crippen LogP contribution in [0.1, 0.15) is 30.1 Å². The van der Waals surface area contributed by atoms with Gasteiger partial charge >= 0.3 is 5.97 Å². The number of hydrogen-bond acceptors (Lipinski definition) is 6. The van der Waals surface area contributed by atoms with E-state index < -0.39 is 0 Å². The number of thioether (sulfide) groups is 1. The van der Waals surface area contributed by atoms with Crippen LogP contribution in [0.2, 0.25) is 0 Å². The summed E-state index contributed by atoms with van der Waals surface area (Å²) in [5, 5.41) is 4.45. The van der Waals surface area contributed by atoms with E-state index >= 15 is 0 Å². The highest BCUT2D eigenvalue weighted by atomic mass is 32.2. The Morgan fingerprint density at radius 3 is 2.89 bits per heavy atom. The number of para-hydroxylation sites is 1. The summed E-state index contributed by atoms with van der Waals surface area (Å²) in [4.78, 5) is 39.2. The minimum atomic E-state index is -0.379. The number of nitrogens with one attached hydrogen (secondary N) is 1. The Kier molecular flexibility index (Phi) is 6.97. The molecule has 1 aromatic carbocycles. The van der Waals surface area contributed by atoms with E-state index in [1.54, 1.807) is 41.5 Å². The zero-order chi connectivity index (χ0) is 19.9. The standard InChI is InChI=1S/C20H24N2O5S/c1-2-26-20(25)14-6-5-9-22(12-14)19(24)15-7-3-4-8-16(15)21-18(23)17-13-28-11-10-27-17/h3-4,7-8,13-14H,2,5-6,9-12H2,1H3,(H,21,23)/t14-/m0/s1. The molecule has 2 aliphatic rings. The van der Waals surface area contributed by atoms with Gasteiger partial charge in [0.25, 0.3) is 11.8 Å². The molecule has 1 saturated heterocycles. The number of rotatable bonds is 5. The summed E-state index contributed by atoms with van der Waals surface area (Å²) in [6.07, 6.45) is 1.45. The van der Waals surface area contributed by atoms with Gasteiger partial charge < -0.3 is 19.7 Å². The molecule has 1 fully saturated rings. The molecule has 150 valence electrons. The van der Waals surface area contributed by atoms with Crippen molar-refractivity contribution in [1.82, 2.24) is 4.90 Å². The van der Waals surface area contributed by atoms with Crippen LogP contribution in [-0.2, 0) is 19.1 Å². The molecule has 0 spiro atoms. The molecule has 1 N–H and O–H groups in total. The lowest BCUT2D eigenvalue weighted by molar-refractivity contribution is -0.149. The minimum absolute atomic E-state index is 0.210. The average Bonchev–Trinajstić information content (AvgIpc) is 2.74. The van der Waals surface area contributed by atoms with Gasteiger partial charge in [0.05, 0.1) is 30.4 Å². The van der Waals surface area contributed by atoms with Gasteiger partial charge in [0.1, 0.15) is 0 Å². The second kappa shape index (κ2) is 9.64. The Hall–Kier alpha value is -2.48. The smallest absolute Gasteiger partial charge is 0.310 e. The van der Waals surface area contributed by atoms with Gasteiger partial charge in [-0.2, -0.15) is 0 Å². The summed E-state index contributed by atoms with van der Waals surface area (Å²) >= 11 is 1.52. The highest BCUT2D eigenvalue weighted by molar-refractivity contribution is 8.02. The van der Waals surface area contributed by atoms with E-state index in [9.17, 15) is 14.4 Å². The van der Waals surface area contributed by atoms with E-state index in [0.717, 1.165) is 12.2 Å². The van der Waals surface area contributed by atoms with Crippen molar-refractivity contribution in [3.05, 3.63) is 41.0 Å². The first-order chi connectivity index (χ1) is 13.6. The molecule has 28 heavy (non-hydrogen) atoms. The van der Waals surface area contributed by atoms with Crippen LogP contribution in [0.3, 0.4) is 0 Å². The van der Waals surface area contributed by atoms with Crippen LogP contribution in [0, 0.1) is 5.92 Å². The van der Waals surface area contributed by atoms with Gasteiger partial charge in [-0.1, -0.05) is 12.1 Å². The van der Waals surface area contributed by atoms with Crippen molar-refractivity contribution in [2.45, 2.75) is 19.8 Å². The lowest BCUT2D eigenvalue weighted by Crippen LogP contribution is -2.43. The first-order valence-electron chi connectivity index (χ1n) is 9.41. The Bertz CT molecular complexity index is 780. The molecule has 0 aliphatic carbocycles. The highest BCUT2D eigenvalue weighted by Crippen LogP contribution is 2.24. The molecule has 0 radical (unpaired) electrons. The molecule has 2 amide bonds. The van der Waals surface area contributed by atoms with Crippen molar-refractivity contribution >= 4 is 35.2 Å². The maximum Gasteiger partial charge on any atom is 0.310 e. The Morgan fingerprint density at radius 1 is 1.32 bits per heavy atom. The summed E-state index contributed by atoms with van der Waals surface area (Å²) in [5.41, 5.74) is 0.820. The topological polar surface area (TPSA) is 84.9 Å². The molecule has 3 rings (SSSR count). The third kappa shape index (κ3) is 4.86. The van der Waals surface area contributed by atoms with Crippen LogP contribution in [0.15, 0.2) is 35.4 Å². The zero-order valence-corrected chi connectivity index (χ0v) is 16.6. The van der Waals surface area contributed by atoms with Crippen LogP contribution < -0.4 is 5.32 Å². The van der Waals surface area contributed by atoms with Crippen LogP contribution in [0.25, 0.3) is 0 Å². The van der Waals surface area contributed by atoms with Gasteiger partial charge in [0, 0.05) is 24.3 Å². The number of carbonyl (C=O) groups excluding carboxylic acids is 3. The van der Waals surface area contributed by atoms with Crippen LogP contribution >= 0.6 is 11.8 Å². The van der Waals surface area contributed by atoms with E-state index in [-0.39, 0.29) is 29.5 Å². The number of ether oxygens (including phenoxy) is 2. The lowest BCUT2D eigenvalue weighted by atomic mass is 9.97. The third-order valence-electron chi connectivity index (χ3n) is 4.61. The van der Waals surface area contributed by atoms with Crippen molar-refractivity contribution in [2.75, 3.05) is 37.4 Å². The van der Waals surface area contributed by atoms with Gasteiger partial charge in [-0.15, -0.1) is 11.8 Å². The predicted molar refractivity (Wildman–Crippen MR) is 107 cm³/mol. The molecule has 1 atom stereocenters. The first-order valence-corrected chi connectivity index (χ1v) is 10.5. The van der Waals surface area contributed by atoms with Crippen LogP contribution in [-0.4, -0.2) is 54.7 Å². The number of nitrogens with zero attached hydrogens (tertiary/aromatic N) is 1. The average molecular weight is 404 g/mol. The Labute approximate surface area is 168 Å². The molecule has 7 nitrogen and oxygen atoms in total. The second-order valence-electron chi connectivity index (χ2n) is 6.54. The molecule has 8 heteroatoms. The molecular formula is C20H24N2O5S. The van der Waals surface area contributed by atoms with Crippen molar-refractivity contribution in [3.63, 3.8) is 0 Å². The molecular weight excluding hydrogens is 380 g/mol. The van der Waals surface area contributed by atoms with Gasteiger partial charge in [0.2, 0.25) is 0 Å². The predicted octanol–water partition coefficient (Wildman–Crippen LogP) is 2.65. The molecule has 2 aliphatic heterocycles. The maximum absolute atomic E-state index is 13.1. The maximum atomic E-state index is 13.1. The molecule has 2 heterocycles. The fraction of sp³-hybridized carbons (Fsp3) is 0.450. The highest BCUT2D eigenvalue weighted by Gasteiger charge is 2.30. The van der Waals surface area contributed by atoms with E-state index in [1.807, 2.05) is 0 Å². The van der Waals surface area contributed by atoms with Crippen molar-refractivity contribution < 1.29 is 23.9 Å². The fourth-order valence-electron chi connectivity index (χ4n) is 3.23. The van der Waals surface area contributed by atoms with Crippen LogP contribution in [0.4, 0.5) is 5.69 Å². The summed E-state index contributed by atoms with van der Waals surface area (Å²) in [7, 11) is 0. The van der Waals surface area contributed by atoms with Gasteiger partial charge in [-0.3, -0.25) is 14.4 Å². The van der Waals surface area contributed by atoms with Crippen molar-refractivity contribution in [3.8, 4) is 0 Å². The minimum Gasteiger partial charge on any atom is -0.487 e. The summed E-state index contributed by atoms with van der Waals surface area (Å²) in [6, 6.07) is 6.88. The number of piperidine rings is 1. The number of esters is 1. The van der Waals surface area contributed by atoms with Gasteiger partial charge in [-0.05, 0) is 31.9 Å². The zero-order valence-electron chi connectivity index (χ0n) is 15.8. The summed E-state index contributed by atoms with van der Waals surface area (Å²) in [5.74, 6) is -0.104. The van der Waals surface area contributed by atoms with Crippen molar-refractivity contribution in [1.29, 1.82) is 0 Å². The molecule has 0 bridgehead atoms. The number of carbonyl (C=O) groups is 3. The Morgan fingerprint density at radius 2 is 2.14 bits per heavy atom. The monoisotopic (exact) mass is 404 g/mol. The normalized spacial score (nSPS) is 19.2.